The molecule has 0 spiro atoms. The Hall–Kier alpha value is -2.96. The molecule has 0 aliphatic carbocycles. The molecule has 0 unspecified atom stereocenters. The van der Waals surface area contributed by atoms with E-state index in [2.05, 4.69) is 20.5 Å². The van der Waals surface area contributed by atoms with E-state index < -0.39 is 0 Å². The summed E-state index contributed by atoms with van der Waals surface area (Å²) in [4.78, 5) is 18.4. The van der Waals surface area contributed by atoms with Gasteiger partial charge in [0.25, 0.3) is 5.91 Å². The van der Waals surface area contributed by atoms with Crippen molar-refractivity contribution in [3.63, 3.8) is 0 Å². The van der Waals surface area contributed by atoms with Crippen LogP contribution in [-0.2, 0) is 6.54 Å². The van der Waals surface area contributed by atoms with Crippen molar-refractivity contribution in [3.8, 4) is 22.5 Å². The molecule has 2 heterocycles. The van der Waals surface area contributed by atoms with Gasteiger partial charge in [0, 0.05) is 21.0 Å². The number of amides is 1. The Kier molecular flexibility index (Phi) is 5.23. The molecule has 0 aliphatic heterocycles. The summed E-state index contributed by atoms with van der Waals surface area (Å²) in [5.41, 5.74) is 4.06. The van der Waals surface area contributed by atoms with Crippen LogP contribution in [-0.4, -0.2) is 21.1 Å². The van der Waals surface area contributed by atoms with E-state index in [1.807, 2.05) is 61.5 Å². The fourth-order valence-electron chi connectivity index (χ4n) is 2.94. The van der Waals surface area contributed by atoms with Crippen LogP contribution < -0.4 is 5.32 Å². The SMILES string of the molecule is Cc1sc(CNC(=O)c2cn[nH]c2-c2ccccc2)nc1-c1ccc(Cl)cc1. The zero-order valence-electron chi connectivity index (χ0n) is 15.1. The highest BCUT2D eigenvalue weighted by atomic mass is 35.5. The number of H-pyrrole nitrogens is 1. The van der Waals surface area contributed by atoms with Gasteiger partial charge in [0.1, 0.15) is 5.01 Å². The predicted octanol–water partition coefficient (Wildman–Crippen LogP) is 5.09. The number of nitrogens with zero attached hydrogens (tertiary/aromatic N) is 2. The van der Waals surface area contributed by atoms with Gasteiger partial charge in [-0.1, -0.05) is 54.1 Å². The van der Waals surface area contributed by atoms with Crippen molar-refractivity contribution in [2.24, 2.45) is 0 Å². The Morgan fingerprint density at radius 2 is 1.86 bits per heavy atom. The molecule has 1 amide bonds. The number of hydrogen-bond donors (Lipinski definition) is 2. The molecule has 0 saturated carbocycles. The van der Waals surface area contributed by atoms with Gasteiger partial charge >= 0.3 is 0 Å². The van der Waals surface area contributed by atoms with Crippen molar-refractivity contribution < 1.29 is 4.79 Å². The number of benzene rings is 2. The molecular formula is C21H17ClN4OS. The topological polar surface area (TPSA) is 70.7 Å². The Morgan fingerprint density at radius 1 is 1.11 bits per heavy atom. The standard InChI is InChI=1S/C21H17ClN4OS/c1-13-19(15-7-9-16(22)10-8-15)25-18(28-13)12-23-21(27)17-11-24-26-20(17)14-5-3-2-4-6-14/h2-11H,12H2,1H3,(H,23,27)(H,24,26). The van der Waals surface area contributed by atoms with Crippen molar-refractivity contribution in [3.05, 3.63) is 81.3 Å². The molecule has 0 fully saturated rings. The van der Waals surface area contributed by atoms with Gasteiger partial charge in [-0.15, -0.1) is 11.3 Å². The van der Waals surface area contributed by atoms with Crippen LogP contribution in [0.3, 0.4) is 0 Å². The first-order chi connectivity index (χ1) is 13.6. The van der Waals surface area contributed by atoms with Gasteiger partial charge in [0.2, 0.25) is 0 Å². The summed E-state index contributed by atoms with van der Waals surface area (Å²) < 4.78 is 0. The number of carbonyl (C=O) groups excluding carboxylic acids is 1. The lowest BCUT2D eigenvalue weighted by molar-refractivity contribution is 0.0951. The van der Waals surface area contributed by atoms with Crippen LogP contribution >= 0.6 is 22.9 Å². The molecule has 140 valence electrons. The van der Waals surface area contributed by atoms with Crippen molar-refractivity contribution in [2.45, 2.75) is 13.5 Å². The molecule has 0 saturated heterocycles. The molecule has 7 heteroatoms. The molecule has 2 aromatic carbocycles. The van der Waals surface area contributed by atoms with Crippen molar-refractivity contribution in [1.82, 2.24) is 20.5 Å². The van der Waals surface area contributed by atoms with Crippen LogP contribution in [0.25, 0.3) is 22.5 Å². The number of aromatic amines is 1. The number of rotatable bonds is 5. The van der Waals surface area contributed by atoms with Crippen LogP contribution in [0, 0.1) is 6.92 Å². The van der Waals surface area contributed by atoms with Gasteiger partial charge in [-0.05, 0) is 19.1 Å². The van der Waals surface area contributed by atoms with Gasteiger partial charge in [0.05, 0.1) is 29.7 Å². The van der Waals surface area contributed by atoms with Crippen LogP contribution in [0.2, 0.25) is 5.02 Å². The Labute approximate surface area is 171 Å². The summed E-state index contributed by atoms with van der Waals surface area (Å²) in [5, 5.41) is 11.4. The number of aromatic nitrogens is 3. The maximum absolute atomic E-state index is 12.7. The van der Waals surface area contributed by atoms with E-state index in [0.717, 1.165) is 26.7 Å². The van der Waals surface area contributed by atoms with E-state index in [4.69, 9.17) is 11.6 Å². The van der Waals surface area contributed by atoms with E-state index in [-0.39, 0.29) is 5.91 Å². The second kappa shape index (κ2) is 7.96. The van der Waals surface area contributed by atoms with E-state index in [1.54, 1.807) is 17.5 Å². The molecule has 4 aromatic rings. The molecule has 0 radical (unpaired) electrons. The number of hydrogen-bond acceptors (Lipinski definition) is 4. The molecule has 28 heavy (non-hydrogen) atoms. The van der Waals surface area contributed by atoms with Gasteiger partial charge in [-0.3, -0.25) is 9.89 Å². The lowest BCUT2D eigenvalue weighted by atomic mass is 10.1. The highest BCUT2D eigenvalue weighted by molar-refractivity contribution is 7.12. The van der Waals surface area contributed by atoms with Crippen molar-refractivity contribution in [2.75, 3.05) is 0 Å². The number of thiazole rings is 1. The molecule has 4 rings (SSSR count). The quantitative estimate of drug-likeness (QED) is 0.483. The number of aryl methyl sites for hydroxylation is 1. The summed E-state index contributed by atoms with van der Waals surface area (Å²) in [6.45, 7) is 2.38. The Balaban J connectivity index is 1.49. The van der Waals surface area contributed by atoms with Gasteiger partial charge in [-0.2, -0.15) is 5.10 Å². The summed E-state index contributed by atoms with van der Waals surface area (Å²) in [7, 11) is 0. The second-order valence-corrected chi connectivity index (χ2v) is 7.95. The molecule has 0 aliphatic rings. The minimum Gasteiger partial charge on any atom is -0.345 e. The van der Waals surface area contributed by atoms with Crippen LogP contribution in [0.5, 0.6) is 0 Å². The lowest BCUT2D eigenvalue weighted by Gasteiger charge is -2.04. The second-order valence-electron chi connectivity index (χ2n) is 6.23. The number of halogens is 1. The maximum Gasteiger partial charge on any atom is 0.255 e. The first-order valence-corrected chi connectivity index (χ1v) is 9.90. The van der Waals surface area contributed by atoms with Crippen molar-refractivity contribution in [1.29, 1.82) is 0 Å². The van der Waals surface area contributed by atoms with E-state index in [0.29, 0.717) is 22.8 Å². The average Bonchev–Trinajstić information content (AvgIpc) is 3.34. The fraction of sp³-hybridized carbons (Fsp3) is 0.0952. The highest BCUT2D eigenvalue weighted by Crippen LogP contribution is 2.28. The van der Waals surface area contributed by atoms with Crippen LogP contribution in [0.15, 0.2) is 60.8 Å². The normalized spacial score (nSPS) is 10.8. The van der Waals surface area contributed by atoms with E-state index >= 15 is 0 Å². The zero-order chi connectivity index (χ0) is 19.5. The number of carbonyl (C=O) groups is 1. The summed E-state index contributed by atoms with van der Waals surface area (Å²) in [6.07, 6.45) is 1.55. The predicted molar refractivity (Wildman–Crippen MR) is 112 cm³/mol. The average molecular weight is 409 g/mol. The van der Waals surface area contributed by atoms with Gasteiger partial charge < -0.3 is 5.32 Å². The van der Waals surface area contributed by atoms with Crippen LogP contribution in [0.4, 0.5) is 0 Å². The van der Waals surface area contributed by atoms with Crippen molar-refractivity contribution >= 4 is 28.8 Å². The fourth-order valence-corrected chi connectivity index (χ4v) is 3.96. The summed E-state index contributed by atoms with van der Waals surface area (Å²) in [6, 6.07) is 17.3. The largest absolute Gasteiger partial charge is 0.345 e. The first-order valence-electron chi connectivity index (χ1n) is 8.71. The monoisotopic (exact) mass is 408 g/mol. The molecule has 5 nitrogen and oxygen atoms in total. The van der Waals surface area contributed by atoms with E-state index in [1.165, 1.54) is 0 Å². The minimum absolute atomic E-state index is 0.187. The Morgan fingerprint density at radius 3 is 2.61 bits per heavy atom. The molecule has 0 atom stereocenters. The summed E-state index contributed by atoms with van der Waals surface area (Å²) >= 11 is 7.53. The minimum atomic E-state index is -0.187. The zero-order valence-corrected chi connectivity index (χ0v) is 16.6. The smallest absolute Gasteiger partial charge is 0.255 e. The first kappa shape index (κ1) is 18.4. The third-order valence-electron chi connectivity index (χ3n) is 4.31. The maximum atomic E-state index is 12.7. The molecule has 2 aromatic heterocycles. The van der Waals surface area contributed by atoms with E-state index in [9.17, 15) is 4.79 Å². The highest BCUT2D eigenvalue weighted by Gasteiger charge is 2.16. The lowest BCUT2D eigenvalue weighted by Crippen LogP contribution is -2.22. The Bertz CT molecular complexity index is 1100. The molecule has 2 N–H and O–H groups in total. The van der Waals surface area contributed by atoms with Gasteiger partial charge in [-0.25, -0.2) is 4.98 Å². The third-order valence-corrected chi connectivity index (χ3v) is 5.53. The number of nitrogens with one attached hydrogen (secondary N) is 2. The summed E-state index contributed by atoms with van der Waals surface area (Å²) in [5.74, 6) is -0.187. The molecular weight excluding hydrogens is 392 g/mol. The third kappa shape index (κ3) is 3.83. The van der Waals surface area contributed by atoms with Gasteiger partial charge in [0.15, 0.2) is 0 Å². The van der Waals surface area contributed by atoms with Crippen LogP contribution in [0.1, 0.15) is 20.2 Å². The molecule has 0 bridgehead atoms.